The van der Waals surface area contributed by atoms with Gasteiger partial charge in [0.25, 0.3) is 0 Å². The maximum Gasteiger partial charge on any atom is 0.243 e. The molecular formula is C32H31ClF2N4O3S. The summed E-state index contributed by atoms with van der Waals surface area (Å²) in [5.41, 5.74) is 1.64. The average molecular weight is 625 g/mol. The first kappa shape index (κ1) is 30.7. The van der Waals surface area contributed by atoms with Gasteiger partial charge in [0.15, 0.2) is 0 Å². The van der Waals surface area contributed by atoms with Crippen molar-refractivity contribution in [3.63, 3.8) is 0 Å². The molecule has 0 bridgehead atoms. The molecule has 1 fully saturated rings. The van der Waals surface area contributed by atoms with Crippen LogP contribution in [-0.4, -0.2) is 49.3 Å². The summed E-state index contributed by atoms with van der Waals surface area (Å²) >= 11 is 6.10. The molecule has 3 atom stereocenters. The van der Waals surface area contributed by atoms with E-state index in [4.69, 9.17) is 11.6 Å². The third-order valence-corrected chi connectivity index (χ3v) is 9.92. The average Bonchev–Trinajstić information content (AvgIpc) is 3.00. The molecule has 5 rings (SSSR count). The third kappa shape index (κ3) is 6.94. The van der Waals surface area contributed by atoms with Crippen LogP contribution in [0.2, 0.25) is 5.02 Å². The SMILES string of the molecule is C[C@H](C(=O)Nc1cncc(F)c1CC1CNCCN1S(=O)(=O)c1ccccc1)[C@@H](c1ccc(Cl)cc1)c1cccc(F)c1. The summed E-state index contributed by atoms with van der Waals surface area (Å²) in [5.74, 6) is -2.78. The van der Waals surface area contributed by atoms with Crippen LogP contribution < -0.4 is 10.6 Å². The number of halogens is 3. The molecule has 2 N–H and O–H groups in total. The van der Waals surface area contributed by atoms with Gasteiger partial charge >= 0.3 is 0 Å². The molecule has 1 saturated heterocycles. The van der Waals surface area contributed by atoms with Crippen LogP contribution in [0.4, 0.5) is 14.5 Å². The number of nitrogens with zero attached hydrogens (tertiary/aromatic N) is 2. The Kier molecular flexibility index (Phi) is 9.51. The van der Waals surface area contributed by atoms with E-state index in [1.807, 2.05) is 0 Å². The van der Waals surface area contributed by atoms with Crippen LogP contribution in [0.3, 0.4) is 0 Å². The number of hydrogen-bond donors (Lipinski definition) is 2. The summed E-state index contributed by atoms with van der Waals surface area (Å²) in [5, 5.41) is 6.54. The van der Waals surface area contributed by atoms with Crippen molar-refractivity contribution >= 4 is 33.2 Å². The number of benzene rings is 3. The minimum absolute atomic E-state index is 0.00191. The fourth-order valence-electron chi connectivity index (χ4n) is 5.51. The molecule has 224 valence electrons. The van der Waals surface area contributed by atoms with Gasteiger partial charge in [-0.25, -0.2) is 17.2 Å². The highest BCUT2D eigenvalue weighted by Crippen LogP contribution is 2.34. The quantitative estimate of drug-likeness (QED) is 0.252. The second-order valence-electron chi connectivity index (χ2n) is 10.5. The molecule has 0 saturated carbocycles. The third-order valence-electron chi connectivity index (χ3n) is 7.70. The number of piperazine rings is 1. The lowest BCUT2D eigenvalue weighted by molar-refractivity contribution is -0.119. The Morgan fingerprint density at radius 2 is 1.79 bits per heavy atom. The first-order valence-corrected chi connectivity index (χ1v) is 15.7. The fraction of sp³-hybridized carbons (Fsp3) is 0.250. The highest BCUT2D eigenvalue weighted by molar-refractivity contribution is 7.89. The summed E-state index contributed by atoms with van der Waals surface area (Å²) < 4.78 is 57.9. The van der Waals surface area contributed by atoms with E-state index >= 15 is 4.39 Å². The van der Waals surface area contributed by atoms with Crippen molar-refractivity contribution in [1.82, 2.24) is 14.6 Å². The Hall–Kier alpha value is -3.70. The fourth-order valence-corrected chi connectivity index (χ4v) is 7.28. The molecule has 43 heavy (non-hydrogen) atoms. The molecule has 1 amide bonds. The van der Waals surface area contributed by atoms with E-state index in [9.17, 15) is 17.6 Å². The predicted molar refractivity (Wildman–Crippen MR) is 162 cm³/mol. The zero-order valence-electron chi connectivity index (χ0n) is 23.4. The highest BCUT2D eigenvalue weighted by Gasteiger charge is 2.35. The molecule has 1 unspecified atom stereocenters. The van der Waals surface area contributed by atoms with Crippen molar-refractivity contribution in [2.24, 2.45) is 5.92 Å². The van der Waals surface area contributed by atoms with Gasteiger partial charge in [-0.15, -0.1) is 0 Å². The molecule has 11 heteroatoms. The normalized spacial score (nSPS) is 17.3. The minimum Gasteiger partial charge on any atom is -0.324 e. The molecule has 0 spiro atoms. The van der Waals surface area contributed by atoms with Crippen molar-refractivity contribution in [1.29, 1.82) is 0 Å². The Bertz CT molecular complexity index is 1690. The minimum atomic E-state index is -3.84. The lowest BCUT2D eigenvalue weighted by Gasteiger charge is -2.35. The van der Waals surface area contributed by atoms with E-state index in [1.54, 1.807) is 61.5 Å². The smallest absolute Gasteiger partial charge is 0.243 e. The Morgan fingerprint density at radius 3 is 2.51 bits per heavy atom. The number of carbonyl (C=O) groups excluding carboxylic acids is 1. The molecule has 4 aromatic rings. The van der Waals surface area contributed by atoms with Gasteiger partial charge in [-0.05, 0) is 53.9 Å². The maximum atomic E-state index is 15.3. The van der Waals surface area contributed by atoms with Crippen LogP contribution in [0.25, 0.3) is 0 Å². The van der Waals surface area contributed by atoms with Gasteiger partial charge in [0, 0.05) is 48.1 Å². The molecular weight excluding hydrogens is 594 g/mol. The molecule has 0 aliphatic carbocycles. The molecule has 3 aromatic carbocycles. The van der Waals surface area contributed by atoms with E-state index in [0.717, 1.165) is 11.8 Å². The van der Waals surface area contributed by atoms with Gasteiger partial charge in [-0.3, -0.25) is 9.78 Å². The Balaban J connectivity index is 1.43. The number of aromatic nitrogens is 1. The summed E-state index contributed by atoms with van der Waals surface area (Å²) in [6.45, 7) is 2.68. The van der Waals surface area contributed by atoms with Crippen LogP contribution in [-0.2, 0) is 21.2 Å². The molecule has 7 nitrogen and oxygen atoms in total. The van der Waals surface area contributed by atoms with Crippen LogP contribution in [0, 0.1) is 17.6 Å². The summed E-state index contributed by atoms with van der Waals surface area (Å²) in [7, 11) is -3.84. The monoisotopic (exact) mass is 624 g/mol. The van der Waals surface area contributed by atoms with Gasteiger partial charge in [0.2, 0.25) is 15.9 Å². The summed E-state index contributed by atoms with van der Waals surface area (Å²) in [6, 6.07) is 20.5. The van der Waals surface area contributed by atoms with E-state index in [-0.39, 0.29) is 29.1 Å². The first-order chi connectivity index (χ1) is 20.6. The van der Waals surface area contributed by atoms with Crippen molar-refractivity contribution in [2.45, 2.75) is 30.2 Å². The maximum absolute atomic E-state index is 15.3. The first-order valence-electron chi connectivity index (χ1n) is 13.9. The van der Waals surface area contributed by atoms with Gasteiger partial charge in [0.05, 0.1) is 23.0 Å². The lowest BCUT2D eigenvalue weighted by Crippen LogP contribution is -2.54. The van der Waals surface area contributed by atoms with Gasteiger partial charge in [-0.1, -0.05) is 61.0 Å². The van der Waals surface area contributed by atoms with Crippen molar-refractivity contribution in [2.75, 3.05) is 25.0 Å². The number of carbonyl (C=O) groups is 1. The van der Waals surface area contributed by atoms with E-state index in [2.05, 4.69) is 15.6 Å². The van der Waals surface area contributed by atoms with E-state index in [1.165, 1.54) is 34.8 Å². The lowest BCUT2D eigenvalue weighted by atomic mass is 9.81. The summed E-state index contributed by atoms with van der Waals surface area (Å²) in [4.78, 5) is 17.8. The van der Waals surface area contributed by atoms with Gasteiger partial charge in [0.1, 0.15) is 11.6 Å². The summed E-state index contributed by atoms with van der Waals surface area (Å²) in [6.07, 6.45) is 2.40. The predicted octanol–water partition coefficient (Wildman–Crippen LogP) is 5.63. The number of sulfonamides is 1. The van der Waals surface area contributed by atoms with Gasteiger partial charge < -0.3 is 10.6 Å². The van der Waals surface area contributed by atoms with Crippen LogP contribution in [0.15, 0.2) is 96.2 Å². The zero-order chi connectivity index (χ0) is 30.6. The van der Waals surface area contributed by atoms with Crippen molar-refractivity contribution < 1.29 is 22.0 Å². The number of rotatable bonds is 9. The number of pyridine rings is 1. The number of anilines is 1. The molecule has 0 radical (unpaired) electrons. The molecule has 1 aliphatic rings. The Labute approximate surface area is 255 Å². The van der Waals surface area contributed by atoms with Crippen LogP contribution in [0.1, 0.15) is 29.5 Å². The molecule has 2 heterocycles. The second kappa shape index (κ2) is 13.3. The standard InChI is InChI=1S/C32H31ClF2N4O3S/c1-21(31(22-10-12-24(33)13-11-22)23-6-5-7-25(34)16-23)32(40)38-30-20-37-19-29(35)28(30)17-26-18-36-14-15-39(26)43(41,42)27-8-3-2-4-9-27/h2-13,16,19-21,26,31,36H,14-15,17-18H2,1H3,(H,38,40)/t21-,26?,31-/m0/s1. The van der Waals surface area contributed by atoms with Gasteiger partial charge in [-0.2, -0.15) is 4.31 Å². The molecule has 1 aliphatic heterocycles. The van der Waals surface area contributed by atoms with Crippen LogP contribution >= 0.6 is 11.6 Å². The highest BCUT2D eigenvalue weighted by atomic mass is 35.5. The largest absolute Gasteiger partial charge is 0.324 e. The zero-order valence-corrected chi connectivity index (χ0v) is 25.0. The van der Waals surface area contributed by atoms with Crippen molar-refractivity contribution in [3.8, 4) is 0 Å². The second-order valence-corrected chi connectivity index (χ2v) is 12.8. The number of amides is 1. The topological polar surface area (TPSA) is 91.4 Å². The Morgan fingerprint density at radius 1 is 1.05 bits per heavy atom. The number of hydrogen-bond acceptors (Lipinski definition) is 5. The van der Waals surface area contributed by atoms with Crippen molar-refractivity contribution in [3.05, 3.63) is 125 Å². The van der Waals surface area contributed by atoms with Crippen LogP contribution in [0.5, 0.6) is 0 Å². The number of nitrogens with one attached hydrogen (secondary N) is 2. The van der Waals surface area contributed by atoms with E-state index < -0.39 is 45.4 Å². The molecule has 1 aromatic heterocycles. The van der Waals surface area contributed by atoms with E-state index in [0.29, 0.717) is 23.7 Å².